The molecule has 0 spiro atoms. The van der Waals surface area contributed by atoms with Gasteiger partial charge in [-0.05, 0) is 26.5 Å². The second kappa shape index (κ2) is 7.61. The number of aliphatic hydroxyl groups excluding tert-OH is 1. The molecule has 1 amide bonds. The van der Waals surface area contributed by atoms with Crippen LogP contribution in [0, 0.1) is 0 Å². The van der Waals surface area contributed by atoms with Crippen molar-refractivity contribution >= 4 is 5.91 Å². The quantitative estimate of drug-likeness (QED) is 0.832. The first-order valence-corrected chi connectivity index (χ1v) is 7.82. The topological polar surface area (TPSA) is 53.0 Å². The first kappa shape index (κ1) is 16.8. The smallest absolute Gasteiger partial charge is 0.222 e. The van der Waals surface area contributed by atoms with Gasteiger partial charge in [0.05, 0.1) is 13.2 Å². The van der Waals surface area contributed by atoms with Crippen molar-refractivity contribution in [3.8, 4) is 5.75 Å². The highest BCUT2D eigenvalue weighted by Gasteiger charge is 2.24. The number of amides is 1. The number of carbonyl (C=O) groups is 1. The highest BCUT2D eigenvalue weighted by Crippen LogP contribution is 2.28. The van der Waals surface area contributed by atoms with E-state index in [9.17, 15) is 9.90 Å². The van der Waals surface area contributed by atoms with Crippen LogP contribution in [0.2, 0.25) is 0 Å². The number of benzene rings is 1. The van der Waals surface area contributed by atoms with E-state index in [-0.39, 0.29) is 11.9 Å². The summed E-state index contributed by atoms with van der Waals surface area (Å²) in [4.78, 5) is 15.5. The van der Waals surface area contributed by atoms with Crippen molar-refractivity contribution in [1.82, 2.24) is 9.80 Å². The van der Waals surface area contributed by atoms with E-state index in [1.54, 1.807) is 12.0 Å². The van der Waals surface area contributed by atoms with E-state index in [1.165, 1.54) is 0 Å². The lowest BCUT2D eigenvalue weighted by Gasteiger charge is -2.29. The summed E-state index contributed by atoms with van der Waals surface area (Å²) in [5, 5.41) is 10.3. The van der Waals surface area contributed by atoms with Crippen LogP contribution in [0.3, 0.4) is 0 Å². The van der Waals surface area contributed by atoms with Gasteiger partial charge in [-0.15, -0.1) is 0 Å². The van der Waals surface area contributed by atoms with Crippen LogP contribution >= 0.6 is 0 Å². The summed E-state index contributed by atoms with van der Waals surface area (Å²) in [5.41, 5.74) is 1.09. The van der Waals surface area contributed by atoms with Gasteiger partial charge in [-0.25, -0.2) is 0 Å². The van der Waals surface area contributed by atoms with Crippen LogP contribution in [0.25, 0.3) is 0 Å². The summed E-state index contributed by atoms with van der Waals surface area (Å²) in [6, 6.07) is 8.04. The number of aliphatic hydroxyl groups is 1. The predicted octanol–water partition coefficient (Wildman–Crippen LogP) is 1.67. The molecule has 1 fully saturated rings. The number of nitrogens with zero attached hydrogens (tertiary/aromatic N) is 2. The average Bonchev–Trinajstić information content (AvgIpc) is 2.91. The first-order valence-electron chi connectivity index (χ1n) is 7.82. The van der Waals surface area contributed by atoms with Gasteiger partial charge in [-0.3, -0.25) is 9.69 Å². The zero-order valence-electron chi connectivity index (χ0n) is 13.7. The Morgan fingerprint density at radius 3 is 2.77 bits per heavy atom. The third kappa shape index (κ3) is 3.99. The van der Waals surface area contributed by atoms with Crippen LogP contribution in [0.15, 0.2) is 24.3 Å². The van der Waals surface area contributed by atoms with Crippen LogP contribution in [-0.4, -0.2) is 60.7 Å². The lowest BCUT2D eigenvalue weighted by molar-refractivity contribution is -0.129. The van der Waals surface area contributed by atoms with Gasteiger partial charge in [-0.1, -0.05) is 18.2 Å². The third-order valence-electron chi connectivity index (χ3n) is 4.35. The van der Waals surface area contributed by atoms with Crippen molar-refractivity contribution in [2.45, 2.75) is 31.9 Å². The molecular formula is C17H26N2O3. The largest absolute Gasteiger partial charge is 0.496 e. The van der Waals surface area contributed by atoms with Gasteiger partial charge in [0.15, 0.2) is 0 Å². The maximum Gasteiger partial charge on any atom is 0.222 e. The fraction of sp³-hybridized carbons (Fsp3) is 0.588. The second-order valence-electron chi connectivity index (χ2n) is 5.95. The molecule has 5 heteroatoms. The SMILES string of the molecule is COc1ccccc1C(C)N(C)CC(O)CN1CCCC1=O. The predicted molar refractivity (Wildman–Crippen MR) is 85.9 cm³/mol. The lowest BCUT2D eigenvalue weighted by atomic mass is 10.1. The minimum Gasteiger partial charge on any atom is -0.496 e. The molecule has 1 heterocycles. The Morgan fingerprint density at radius 1 is 1.41 bits per heavy atom. The van der Waals surface area contributed by atoms with E-state index < -0.39 is 6.10 Å². The molecule has 122 valence electrons. The fourth-order valence-corrected chi connectivity index (χ4v) is 2.95. The fourth-order valence-electron chi connectivity index (χ4n) is 2.95. The van der Waals surface area contributed by atoms with Gasteiger partial charge in [0, 0.05) is 37.7 Å². The number of rotatable bonds is 7. The third-order valence-corrected chi connectivity index (χ3v) is 4.35. The first-order chi connectivity index (χ1) is 10.5. The zero-order valence-corrected chi connectivity index (χ0v) is 13.7. The highest BCUT2D eigenvalue weighted by molar-refractivity contribution is 5.78. The molecule has 1 aliphatic heterocycles. The molecule has 5 nitrogen and oxygen atoms in total. The lowest BCUT2D eigenvalue weighted by Crippen LogP contribution is -2.40. The van der Waals surface area contributed by atoms with E-state index in [0.717, 1.165) is 24.3 Å². The minimum atomic E-state index is -0.538. The van der Waals surface area contributed by atoms with Crippen molar-refractivity contribution in [1.29, 1.82) is 0 Å². The molecule has 0 saturated carbocycles. The van der Waals surface area contributed by atoms with E-state index in [2.05, 4.69) is 11.8 Å². The molecule has 0 bridgehead atoms. The Balaban J connectivity index is 1.92. The maximum absolute atomic E-state index is 11.6. The number of hydrogen-bond acceptors (Lipinski definition) is 4. The van der Waals surface area contributed by atoms with Gasteiger partial charge in [0.25, 0.3) is 0 Å². The summed E-state index contributed by atoms with van der Waals surface area (Å²) in [6.07, 6.45) is 0.975. The maximum atomic E-state index is 11.6. The van der Waals surface area contributed by atoms with E-state index in [1.807, 2.05) is 31.3 Å². The molecule has 0 radical (unpaired) electrons. The van der Waals surface area contributed by atoms with Crippen molar-refractivity contribution < 1.29 is 14.6 Å². The van der Waals surface area contributed by atoms with Gasteiger partial charge >= 0.3 is 0 Å². The standard InChI is InChI=1S/C17H26N2O3/c1-13(15-7-4-5-8-16(15)22-3)18(2)11-14(20)12-19-10-6-9-17(19)21/h4-5,7-8,13-14,20H,6,9-12H2,1-3H3. The molecule has 0 aromatic heterocycles. The number of likely N-dealkylation sites (N-methyl/N-ethyl adjacent to an activating group) is 1. The molecule has 2 atom stereocenters. The number of likely N-dealkylation sites (tertiary alicyclic amines) is 1. The molecule has 1 aromatic rings. The number of carbonyl (C=O) groups excluding carboxylic acids is 1. The Kier molecular flexibility index (Phi) is 5.80. The molecule has 1 aliphatic rings. The molecule has 0 aliphatic carbocycles. The Morgan fingerprint density at radius 2 is 2.14 bits per heavy atom. The number of methoxy groups -OCH3 is 1. The zero-order chi connectivity index (χ0) is 16.1. The molecule has 1 saturated heterocycles. The van der Waals surface area contributed by atoms with Crippen LogP contribution < -0.4 is 4.74 Å². The summed E-state index contributed by atoms with van der Waals surface area (Å²) in [6.45, 7) is 3.79. The molecule has 1 aromatic carbocycles. The molecule has 2 rings (SSSR count). The van der Waals surface area contributed by atoms with Gasteiger partial charge < -0.3 is 14.7 Å². The van der Waals surface area contributed by atoms with E-state index in [4.69, 9.17) is 4.74 Å². The summed E-state index contributed by atoms with van der Waals surface area (Å²) in [5.74, 6) is 1.01. The van der Waals surface area contributed by atoms with Crippen molar-refractivity contribution in [3.63, 3.8) is 0 Å². The van der Waals surface area contributed by atoms with Crippen molar-refractivity contribution in [2.75, 3.05) is 33.8 Å². The number of para-hydroxylation sites is 1. The molecule has 1 N–H and O–H groups in total. The van der Waals surface area contributed by atoms with Gasteiger partial charge in [-0.2, -0.15) is 0 Å². The second-order valence-corrected chi connectivity index (χ2v) is 5.95. The normalized spacial score (nSPS) is 17.9. The Hall–Kier alpha value is -1.59. The average molecular weight is 306 g/mol. The van der Waals surface area contributed by atoms with Crippen molar-refractivity contribution in [3.05, 3.63) is 29.8 Å². The van der Waals surface area contributed by atoms with Gasteiger partial charge in [0.1, 0.15) is 5.75 Å². The molecule has 22 heavy (non-hydrogen) atoms. The van der Waals surface area contributed by atoms with Crippen LogP contribution in [0.5, 0.6) is 5.75 Å². The number of β-amino-alcohol motifs (C(OH)–C–C–N with tert-alkyl or cyclic N) is 1. The Bertz CT molecular complexity index is 506. The number of ether oxygens (including phenoxy) is 1. The summed E-state index contributed by atoms with van der Waals surface area (Å²) >= 11 is 0. The van der Waals surface area contributed by atoms with Gasteiger partial charge in [0.2, 0.25) is 5.91 Å². The molecule has 2 unspecified atom stereocenters. The highest BCUT2D eigenvalue weighted by atomic mass is 16.5. The van der Waals surface area contributed by atoms with Crippen LogP contribution in [0.1, 0.15) is 31.4 Å². The monoisotopic (exact) mass is 306 g/mol. The van der Waals surface area contributed by atoms with E-state index in [0.29, 0.717) is 19.5 Å². The van der Waals surface area contributed by atoms with Crippen LogP contribution in [0.4, 0.5) is 0 Å². The number of hydrogen-bond donors (Lipinski definition) is 1. The van der Waals surface area contributed by atoms with Crippen LogP contribution in [-0.2, 0) is 4.79 Å². The van der Waals surface area contributed by atoms with Crippen molar-refractivity contribution in [2.24, 2.45) is 0 Å². The summed E-state index contributed by atoms with van der Waals surface area (Å²) < 4.78 is 5.40. The summed E-state index contributed by atoms with van der Waals surface area (Å²) in [7, 11) is 3.64. The Labute approximate surface area is 132 Å². The molecular weight excluding hydrogens is 280 g/mol. The minimum absolute atomic E-state index is 0.125. The van der Waals surface area contributed by atoms with E-state index >= 15 is 0 Å².